The molecule has 0 unspecified atom stereocenters. The van der Waals surface area contributed by atoms with Gasteiger partial charge in [-0.2, -0.15) is 0 Å². The quantitative estimate of drug-likeness (QED) is 0.743. The minimum Gasteiger partial charge on any atom is -0.464 e. The molecule has 0 atom stereocenters. The summed E-state index contributed by atoms with van der Waals surface area (Å²) >= 11 is 0. The van der Waals surface area contributed by atoms with E-state index >= 15 is 0 Å². The number of hydrogen-bond donors (Lipinski definition) is 1. The van der Waals surface area contributed by atoms with Gasteiger partial charge in [-0.05, 0) is 18.2 Å². The van der Waals surface area contributed by atoms with Gasteiger partial charge in [0.1, 0.15) is 5.58 Å². The van der Waals surface area contributed by atoms with Crippen LogP contribution in [0.25, 0.3) is 11.0 Å². The summed E-state index contributed by atoms with van der Waals surface area (Å²) in [7, 11) is -3.63. The van der Waals surface area contributed by atoms with Gasteiger partial charge in [0.15, 0.2) is 0 Å². The van der Waals surface area contributed by atoms with Crippen LogP contribution in [0.1, 0.15) is 0 Å². The van der Waals surface area contributed by atoms with Crippen LogP contribution in [0.4, 0.5) is 0 Å². The van der Waals surface area contributed by atoms with Gasteiger partial charge in [0.05, 0.1) is 11.2 Å². The molecule has 1 aromatic heterocycles. The Balaban J connectivity index is 2.75. The lowest BCUT2D eigenvalue weighted by atomic mass is 10.3. The molecule has 0 amide bonds. The molecule has 0 spiro atoms. The topological polar surface area (TPSA) is 73.3 Å². The molecule has 0 aliphatic carbocycles. The predicted molar refractivity (Wildman–Crippen MR) is 47.6 cm³/mol. The van der Waals surface area contributed by atoms with Crippen LogP contribution in [0.3, 0.4) is 0 Å². The lowest BCUT2D eigenvalue weighted by Crippen LogP contribution is -2.11. The second kappa shape index (κ2) is 2.58. The molecule has 0 aliphatic heterocycles. The summed E-state index contributed by atoms with van der Waals surface area (Å²) < 4.78 is 26.9. The first-order chi connectivity index (χ1) is 6.07. The van der Waals surface area contributed by atoms with Crippen LogP contribution in [0, 0.1) is 0 Å². The summed E-state index contributed by atoms with van der Waals surface area (Å²) in [6.07, 6.45) is 1.50. The van der Waals surface area contributed by atoms with Crippen LogP contribution in [-0.2, 0) is 10.0 Å². The van der Waals surface area contributed by atoms with Gasteiger partial charge in [-0.15, -0.1) is 0 Å². The fourth-order valence-corrected chi connectivity index (χ4v) is 1.64. The van der Waals surface area contributed by atoms with Crippen molar-refractivity contribution in [3.05, 3.63) is 30.5 Å². The molecule has 1 aromatic carbocycles. The van der Waals surface area contributed by atoms with E-state index < -0.39 is 10.0 Å². The maximum Gasteiger partial charge on any atom is 0.238 e. The molecule has 13 heavy (non-hydrogen) atoms. The molecule has 1 heterocycles. The molecule has 0 radical (unpaired) electrons. The summed E-state index contributed by atoms with van der Waals surface area (Å²) in [4.78, 5) is 0.0648. The molecule has 2 N–H and O–H groups in total. The summed E-state index contributed by atoms with van der Waals surface area (Å²) in [6.45, 7) is 0. The van der Waals surface area contributed by atoms with E-state index in [-0.39, 0.29) is 4.90 Å². The standard InChI is InChI=1S/C8H7NO3S/c9-13(10,11)7-2-1-6-3-4-12-8(6)5-7/h1-5H,(H2,9,10,11). The first-order valence-electron chi connectivity index (χ1n) is 3.57. The second-order valence-corrected chi connectivity index (χ2v) is 4.23. The van der Waals surface area contributed by atoms with E-state index in [1.165, 1.54) is 18.4 Å². The van der Waals surface area contributed by atoms with E-state index in [9.17, 15) is 8.42 Å². The second-order valence-electron chi connectivity index (χ2n) is 2.67. The van der Waals surface area contributed by atoms with Gasteiger partial charge in [-0.1, -0.05) is 0 Å². The third-order valence-corrected chi connectivity index (χ3v) is 2.67. The van der Waals surface area contributed by atoms with Gasteiger partial charge in [0.25, 0.3) is 0 Å². The molecule has 0 bridgehead atoms. The molecule has 0 aliphatic rings. The van der Waals surface area contributed by atoms with Crippen molar-refractivity contribution in [1.29, 1.82) is 0 Å². The molecule has 5 heteroatoms. The van der Waals surface area contributed by atoms with Crippen molar-refractivity contribution in [2.45, 2.75) is 4.90 Å². The zero-order valence-corrected chi connectivity index (χ0v) is 7.41. The monoisotopic (exact) mass is 197 g/mol. The van der Waals surface area contributed by atoms with Crippen LogP contribution in [0.2, 0.25) is 0 Å². The Morgan fingerprint density at radius 2 is 2.00 bits per heavy atom. The smallest absolute Gasteiger partial charge is 0.238 e. The number of nitrogens with two attached hydrogens (primary N) is 1. The minimum absolute atomic E-state index is 0.0648. The fraction of sp³-hybridized carbons (Fsp3) is 0. The van der Waals surface area contributed by atoms with E-state index in [1.807, 2.05) is 0 Å². The molecular weight excluding hydrogens is 190 g/mol. The summed E-state index contributed by atoms with van der Waals surface area (Å²) in [6, 6.07) is 6.26. The molecule has 2 aromatic rings. The van der Waals surface area contributed by atoms with Crippen molar-refractivity contribution in [1.82, 2.24) is 0 Å². The zero-order valence-electron chi connectivity index (χ0n) is 6.60. The Bertz CT molecular complexity index is 541. The average molecular weight is 197 g/mol. The van der Waals surface area contributed by atoms with Crippen LogP contribution < -0.4 is 5.14 Å². The number of sulfonamides is 1. The molecule has 0 saturated carbocycles. The highest BCUT2D eigenvalue weighted by Crippen LogP contribution is 2.18. The van der Waals surface area contributed by atoms with Crippen LogP contribution in [0.15, 0.2) is 39.8 Å². The Labute approximate surface area is 75.0 Å². The number of benzene rings is 1. The zero-order chi connectivity index (χ0) is 9.47. The van der Waals surface area contributed by atoms with E-state index in [0.717, 1.165) is 5.39 Å². The minimum atomic E-state index is -3.63. The largest absolute Gasteiger partial charge is 0.464 e. The predicted octanol–water partition coefficient (Wildman–Crippen LogP) is 1.08. The molecule has 0 fully saturated rings. The lowest BCUT2D eigenvalue weighted by molar-refractivity contribution is 0.595. The number of furan rings is 1. The van der Waals surface area contributed by atoms with Gasteiger partial charge in [-0.25, -0.2) is 13.6 Å². The number of rotatable bonds is 1. The van der Waals surface area contributed by atoms with Crippen LogP contribution in [-0.4, -0.2) is 8.42 Å². The molecular formula is C8H7NO3S. The van der Waals surface area contributed by atoms with Crippen molar-refractivity contribution < 1.29 is 12.8 Å². The molecule has 2 rings (SSSR count). The third kappa shape index (κ3) is 1.43. The van der Waals surface area contributed by atoms with Crippen molar-refractivity contribution in [2.24, 2.45) is 5.14 Å². The maximum atomic E-state index is 10.9. The van der Waals surface area contributed by atoms with Crippen LogP contribution >= 0.6 is 0 Å². The van der Waals surface area contributed by atoms with E-state index in [2.05, 4.69) is 0 Å². The Hall–Kier alpha value is -1.33. The summed E-state index contributed by atoms with van der Waals surface area (Å²) in [5.74, 6) is 0. The molecule has 4 nitrogen and oxygen atoms in total. The first kappa shape index (κ1) is 8.28. The Morgan fingerprint density at radius 1 is 1.23 bits per heavy atom. The Morgan fingerprint density at radius 3 is 2.69 bits per heavy atom. The van der Waals surface area contributed by atoms with Gasteiger partial charge in [0, 0.05) is 11.5 Å². The van der Waals surface area contributed by atoms with E-state index in [0.29, 0.717) is 5.58 Å². The van der Waals surface area contributed by atoms with Gasteiger partial charge in [0.2, 0.25) is 10.0 Å². The van der Waals surface area contributed by atoms with Crippen molar-refractivity contribution in [3.63, 3.8) is 0 Å². The van der Waals surface area contributed by atoms with Crippen molar-refractivity contribution in [2.75, 3.05) is 0 Å². The molecule has 0 saturated heterocycles. The molecule has 68 valence electrons. The number of hydrogen-bond acceptors (Lipinski definition) is 3. The van der Waals surface area contributed by atoms with Gasteiger partial charge < -0.3 is 4.42 Å². The normalized spacial score (nSPS) is 12.1. The number of primary sulfonamides is 1. The number of fused-ring (bicyclic) bond motifs is 1. The summed E-state index contributed by atoms with van der Waals surface area (Å²) in [5, 5.41) is 5.80. The fourth-order valence-electron chi connectivity index (χ4n) is 1.11. The van der Waals surface area contributed by atoms with Crippen molar-refractivity contribution in [3.8, 4) is 0 Å². The highest BCUT2D eigenvalue weighted by Gasteiger charge is 2.08. The summed E-state index contributed by atoms with van der Waals surface area (Å²) in [5.41, 5.74) is 0.520. The first-order valence-corrected chi connectivity index (χ1v) is 5.12. The van der Waals surface area contributed by atoms with E-state index in [4.69, 9.17) is 9.56 Å². The Kier molecular flexibility index (Phi) is 1.64. The SMILES string of the molecule is NS(=O)(=O)c1ccc2ccoc2c1. The maximum absolute atomic E-state index is 10.9. The third-order valence-electron chi connectivity index (χ3n) is 1.76. The highest BCUT2D eigenvalue weighted by molar-refractivity contribution is 7.89. The average Bonchev–Trinajstić information content (AvgIpc) is 2.47. The van der Waals surface area contributed by atoms with Crippen molar-refractivity contribution >= 4 is 21.0 Å². The van der Waals surface area contributed by atoms with E-state index in [1.54, 1.807) is 12.1 Å². The van der Waals surface area contributed by atoms with Gasteiger partial charge in [-0.3, -0.25) is 0 Å². The van der Waals surface area contributed by atoms with Crippen LogP contribution in [0.5, 0.6) is 0 Å². The van der Waals surface area contributed by atoms with Gasteiger partial charge >= 0.3 is 0 Å². The lowest BCUT2D eigenvalue weighted by Gasteiger charge is -1.96. The highest BCUT2D eigenvalue weighted by atomic mass is 32.2.